The molecule has 0 amide bonds. The Hall–Kier alpha value is -0.560. The van der Waals surface area contributed by atoms with Crippen molar-refractivity contribution in [1.82, 2.24) is 5.32 Å². The lowest BCUT2D eigenvalue weighted by atomic mass is 10.0. The molecule has 0 bridgehead atoms. The van der Waals surface area contributed by atoms with E-state index in [0.717, 1.165) is 12.8 Å². The van der Waals surface area contributed by atoms with Gasteiger partial charge in [0, 0.05) is 6.04 Å². The Morgan fingerprint density at radius 2 is 1.93 bits per heavy atom. The summed E-state index contributed by atoms with van der Waals surface area (Å²) in [5.74, 6) is 0.706. The molecule has 0 aromatic heterocycles. The molecular weight excluding hydrogens is 170 g/mol. The SMILES string of the molecule is C=CCCCC=CCC(NC)C(C)C. The summed E-state index contributed by atoms with van der Waals surface area (Å²) in [5.41, 5.74) is 0. The Morgan fingerprint density at radius 1 is 1.21 bits per heavy atom. The van der Waals surface area contributed by atoms with Crippen LogP contribution in [0.15, 0.2) is 24.8 Å². The third-order valence-corrected chi connectivity index (χ3v) is 2.51. The second-order valence-electron chi connectivity index (χ2n) is 4.07. The second kappa shape index (κ2) is 9.01. The third kappa shape index (κ3) is 6.90. The van der Waals surface area contributed by atoms with Crippen LogP contribution in [0.1, 0.15) is 39.5 Å². The summed E-state index contributed by atoms with van der Waals surface area (Å²) in [7, 11) is 2.04. The summed E-state index contributed by atoms with van der Waals surface area (Å²) in [6.45, 7) is 8.22. The van der Waals surface area contributed by atoms with E-state index >= 15 is 0 Å². The summed E-state index contributed by atoms with van der Waals surface area (Å²) in [6.07, 6.45) is 11.2. The molecule has 0 radical (unpaired) electrons. The first-order valence-corrected chi connectivity index (χ1v) is 5.65. The zero-order chi connectivity index (χ0) is 10.8. The molecule has 0 aromatic rings. The molecule has 0 aromatic carbocycles. The van der Waals surface area contributed by atoms with Crippen LogP contribution in [0.3, 0.4) is 0 Å². The Balaban J connectivity index is 3.52. The molecule has 0 saturated heterocycles. The maximum Gasteiger partial charge on any atom is 0.0121 e. The zero-order valence-electron chi connectivity index (χ0n) is 9.92. The van der Waals surface area contributed by atoms with Crippen molar-refractivity contribution in [3.8, 4) is 0 Å². The lowest BCUT2D eigenvalue weighted by Crippen LogP contribution is -2.29. The largest absolute Gasteiger partial charge is 0.316 e. The summed E-state index contributed by atoms with van der Waals surface area (Å²) < 4.78 is 0. The van der Waals surface area contributed by atoms with E-state index in [-0.39, 0.29) is 0 Å². The molecule has 0 heterocycles. The molecule has 0 rings (SSSR count). The fourth-order valence-corrected chi connectivity index (χ4v) is 1.46. The van der Waals surface area contributed by atoms with Crippen LogP contribution < -0.4 is 5.32 Å². The average molecular weight is 195 g/mol. The van der Waals surface area contributed by atoms with Crippen LogP contribution in [-0.4, -0.2) is 13.1 Å². The topological polar surface area (TPSA) is 12.0 Å². The number of hydrogen-bond donors (Lipinski definition) is 1. The van der Waals surface area contributed by atoms with Crippen molar-refractivity contribution in [1.29, 1.82) is 0 Å². The third-order valence-electron chi connectivity index (χ3n) is 2.51. The smallest absolute Gasteiger partial charge is 0.0121 e. The van der Waals surface area contributed by atoms with E-state index in [1.165, 1.54) is 12.8 Å². The Morgan fingerprint density at radius 3 is 2.43 bits per heavy atom. The molecule has 82 valence electrons. The van der Waals surface area contributed by atoms with Crippen LogP contribution in [0.5, 0.6) is 0 Å². The van der Waals surface area contributed by atoms with Gasteiger partial charge in [0.05, 0.1) is 0 Å². The standard InChI is InChI=1S/C13H25N/c1-5-6-7-8-9-10-11-13(14-4)12(2)3/h5,9-10,12-14H,1,6-8,11H2,2-4H3. The summed E-state index contributed by atoms with van der Waals surface area (Å²) in [6, 6.07) is 0.616. The monoisotopic (exact) mass is 195 g/mol. The van der Waals surface area contributed by atoms with Crippen molar-refractivity contribution in [3.05, 3.63) is 24.8 Å². The zero-order valence-corrected chi connectivity index (χ0v) is 9.92. The van der Waals surface area contributed by atoms with Crippen LogP contribution in [-0.2, 0) is 0 Å². The lowest BCUT2D eigenvalue weighted by Gasteiger charge is -2.17. The van der Waals surface area contributed by atoms with Crippen molar-refractivity contribution in [3.63, 3.8) is 0 Å². The number of unbranched alkanes of at least 4 members (excludes halogenated alkanes) is 2. The normalized spacial score (nSPS) is 13.7. The van der Waals surface area contributed by atoms with Gasteiger partial charge in [-0.25, -0.2) is 0 Å². The van der Waals surface area contributed by atoms with Crippen molar-refractivity contribution in [2.75, 3.05) is 7.05 Å². The average Bonchev–Trinajstić information content (AvgIpc) is 2.16. The number of allylic oxidation sites excluding steroid dienone is 2. The minimum Gasteiger partial charge on any atom is -0.316 e. The van der Waals surface area contributed by atoms with E-state index < -0.39 is 0 Å². The molecule has 0 aliphatic carbocycles. The Labute approximate surface area is 89.3 Å². The van der Waals surface area contributed by atoms with Gasteiger partial charge in [0.25, 0.3) is 0 Å². The predicted molar refractivity (Wildman–Crippen MR) is 65.5 cm³/mol. The van der Waals surface area contributed by atoms with Gasteiger partial charge in [0.1, 0.15) is 0 Å². The first-order valence-electron chi connectivity index (χ1n) is 5.65. The van der Waals surface area contributed by atoms with Gasteiger partial charge in [0.2, 0.25) is 0 Å². The van der Waals surface area contributed by atoms with E-state index in [9.17, 15) is 0 Å². The van der Waals surface area contributed by atoms with E-state index in [2.05, 4.69) is 37.9 Å². The van der Waals surface area contributed by atoms with Crippen molar-refractivity contribution in [2.24, 2.45) is 5.92 Å². The van der Waals surface area contributed by atoms with Crippen LogP contribution in [0, 0.1) is 5.92 Å². The molecule has 14 heavy (non-hydrogen) atoms. The summed E-state index contributed by atoms with van der Waals surface area (Å²) >= 11 is 0. The molecule has 1 heteroatoms. The van der Waals surface area contributed by atoms with Crippen molar-refractivity contribution < 1.29 is 0 Å². The highest BCUT2D eigenvalue weighted by Crippen LogP contribution is 2.07. The quantitative estimate of drug-likeness (QED) is 0.461. The van der Waals surface area contributed by atoms with Crippen LogP contribution in [0.4, 0.5) is 0 Å². The second-order valence-corrected chi connectivity index (χ2v) is 4.07. The summed E-state index contributed by atoms with van der Waals surface area (Å²) in [5, 5.41) is 3.34. The fraction of sp³-hybridized carbons (Fsp3) is 0.692. The molecule has 0 spiro atoms. The van der Waals surface area contributed by atoms with Gasteiger partial charge in [-0.1, -0.05) is 32.1 Å². The Kier molecular flexibility index (Phi) is 8.65. The lowest BCUT2D eigenvalue weighted by molar-refractivity contribution is 0.430. The highest BCUT2D eigenvalue weighted by atomic mass is 14.9. The number of rotatable bonds is 8. The van der Waals surface area contributed by atoms with Gasteiger partial charge in [-0.3, -0.25) is 0 Å². The van der Waals surface area contributed by atoms with Crippen LogP contribution in [0.2, 0.25) is 0 Å². The van der Waals surface area contributed by atoms with Gasteiger partial charge in [0.15, 0.2) is 0 Å². The van der Waals surface area contributed by atoms with E-state index in [0.29, 0.717) is 12.0 Å². The maximum absolute atomic E-state index is 3.71. The number of hydrogen-bond acceptors (Lipinski definition) is 1. The molecular formula is C13H25N. The maximum atomic E-state index is 3.71. The fourth-order valence-electron chi connectivity index (χ4n) is 1.46. The van der Waals surface area contributed by atoms with Gasteiger partial charge in [-0.2, -0.15) is 0 Å². The molecule has 1 unspecified atom stereocenters. The molecule has 1 nitrogen and oxygen atoms in total. The van der Waals surface area contributed by atoms with Gasteiger partial charge < -0.3 is 5.32 Å². The summed E-state index contributed by atoms with van der Waals surface area (Å²) in [4.78, 5) is 0. The highest BCUT2D eigenvalue weighted by Gasteiger charge is 2.07. The van der Waals surface area contributed by atoms with E-state index in [1.54, 1.807) is 0 Å². The predicted octanol–water partition coefficient (Wildman–Crippen LogP) is 3.53. The van der Waals surface area contributed by atoms with E-state index in [4.69, 9.17) is 0 Å². The van der Waals surface area contributed by atoms with Gasteiger partial charge >= 0.3 is 0 Å². The van der Waals surface area contributed by atoms with Crippen LogP contribution in [0.25, 0.3) is 0 Å². The molecule has 0 saturated carbocycles. The molecule has 0 fully saturated rings. The first kappa shape index (κ1) is 13.4. The van der Waals surface area contributed by atoms with E-state index in [1.807, 2.05) is 13.1 Å². The van der Waals surface area contributed by atoms with Crippen molar-refractivity contribution >= 4 is 0 Å². The van der Waals surface area contributed by atoms with Gasteiger partial charge in [-0.05, 0) is 38.6 Å². The molecule has 1 atom stereocenters. The minimum atomic E-state index is 0.616. The Bertz CT molecular complexity index is 159. The van der Waals surface area contributed by atoms with Gasteiger partial charge in [-0.15, -0.1) is 6.58 Å². The minimum absolute atomic E-state index is 0.616. The number of nitrogens with one attached hydrogen (secondary N) is 1. The molecule has 0 aliphatic rings. The first-order chi connectivity index (χ1) is 6.72. The molecule has 0 aliphatic heterocycles. The van der Waals surface area contributed by atoms with Crippen molar-refractivity contribution in [2.45, 2.75) is 45.6 Å². The molecule has 1 N–H and O–H groups in total. The van der Waals surface area contributed by atoms with Crippen LogP contribution >= 0.6 is 0 Å². The highest BCUT2D eigenvalue weighted by molar-refractivity contribution is 4.87.